The predicted octanol–water partition coefficient (Wildman–Crippen LogP) is 0.304. The zero-order valence-electron chi connectivity index (χ0n) is 15.8. The second-order valence-electron chi connectivity index (χ2n) is 8.28. The van der Waals surface area contributed by atoms with E-state index in [2.05, 4.69) is 0 Å². The van der Waals surface area contributed by atoms with Gasteiger partial charge >= 0.3 is 11.9 Å². The summed E-state index contributed by atoms with van der Waals surface area (Å²) in [6.45, 7) is 6.30. The van der Waals surface area contributed by atoms with Crippen molar-refractivity contribution >= 4 is 17.7 Å². The van der Waals surface area contributed by atoms with Gasteiger partial charge in [-0.2, -0.15) is 0 Å². The standard InChI is InChI=1S/C19H24O8/c1-9-5-13-18(7-24-10(2)20,15(23)14(9)22)17(4)6-12(26-11(3)21)16(27-13)19(17)8-25-19/h5,12-13,15-16,23H,6-8H2,1-4H3/t12-,13-,15-,16-,17-,18-,19+/m1/s1. The monoisotopic (exact) mass is 380 g/mol. The van der Waals surface area contributed by atoms with Crippen LogP contribution >= 0.6 is 0 Å². The number of ether oxygens (including phenoxy) is 4. The molecule has 1 N–H and O–H groups in total. The van der Waals surface area contributed by atoms with Crippen molar-refractivity contribution in [3.63, 3.8) is 0 Å². The Morgan fingerprint density at radius 3 is 2.56 bits per heavy atom. The Morgan fingerprint density at radius 2 is 2.00 bits per heavy atom. The maximum atomic E-state index is 12.7. The quantitative estimate of drug-likeness (QED) is 0.550. The van der Waals surface area contributed by atoms with E-state index in [4.69, 9.17) is 18.9 Å². The number of esters is 2. The van der Waals surface area contributed by atoms with Crippen LogP contribution in [0.2, 0.25) is 0 Å². The van der Waals surface area contributed by atoms with E-state index in [-0.39, 0.29) is 6.61 Å². The lowest BCUT2D eigenvalue weighted by Gasteiger charge is -2.58. The first-order valence-corrected chi connectivity index (χ1v) is 9.10. The van der Waals surface area contributed by atoms with Gasteiger partial charge in [-0.15, -0.1) is 0 Å². The van der Waals surface area contributed by atoms with Crippen molar-refractivity contribution < 1.29 is 38.4 Å². The Morgan fingerprint density at radius 1 is 1.33 bits per heavy atom. The van der Waals surface area contributed by atoms with Gasteiger partial charge in [0.2, 0.25) is 0 Å². The third kappa shape index (κ3) is 2.17. The number of carbonyl (C=O) groups excluding carboxylic acids is 3. The molecule has 2 saturated heterocycles. The van der Waals surface area contributed by atoms with Gasteiger partial charge in [-0.1, -0.05) is 6.92 Å². The molecule has 8 heteroatoms. The summed E-state index contributed by atoms with van der Waals surface area (Å²) in [5.41, 5.74) is -2.41. The molecule has 7 atom stereocenters. The van der Waals surface area contributed by atoms with Gasteiger partial charge in [0, 0.05) is 19.3 Å². The summed E-state index contributed by atoms with van der Waals surface area (Å²) >= 11 is 0. The van der Waals surface area contributed by atoms with E-state index in [0.29, 0.717) is 18.6 Å². The first-order chi connectivity index (χ1) is 12.6. The maximum absolute atomic E-state index is 12.7. The number of hydrogen-bond acceptors (Lipinski definition) is 8. The molecule has 4 rings (SSSR count). The molecule has 0 aromatic rings. The molecule has 2 aliphatic carbocycles. The fourth-order valence-electron chi connectivity index (χ4n) is 5.49. The van der Waals surface area contributed by atoms with E-state index in [1.165, 1.54) is 13.8 Å². The van der Waals surface area contributed by atoms with Gasteiger partial charge in [0.25, 0.3) is 0 Å². The number of ketones is 1. The van der Waals surface area contributed by atoms with Crippen LogP contribution in [-0.4, -0.2) is 66.1 Å². The molecular weight excluding hydrogens is 356 g/mol. The Hall–Kier alpha value is -1.77. The lowest BCUT2D eigenvalue weighted by atomic mass is 9.50. The molecule has 4 aliphatic rings. The summed E-state index contributed by atoms with van der Waals surface area (Å²) in [5.74, 6) is -1.37. The highest BCUT2D eigenvalue weighted by Crippen LogP contribution is 2.71. The van der Waals surface area contributed by atoms with E-state index in [1.807, 2.05) is 6.92 Å². The van der Waals surface area contributed by atoms with E-state index < -0.39 is 58.6 Å². The molecule has 2 bridgehead atoms. The van der Waals surface area contributed by atoms with E-state index in [9.17, 15) is 19.5 Å². The average molecular weight is 380 g/mol. The second kappa shape index (κ2) is 5.62. The van der Waals surface area contributed by atoms with E-state index in [0.717, 1.165) is 0 Å². The van der Waals surface area contributed by atoms with Crippen molar-refractivity contribution in [1.82, 2.24) is 0 Å². The summed E-state index contributed by atoms with van der Waals surface area (Å²) in [6, 6.07) is 0. The van der Waals surface area contributed by atoms with Crippen molar-refractivity contribution in [2.75, 3.05) is 13.2 Å². The molecule has 0 aromatic heterocycles. The molecule has 27 heavy (non-hydrogen) atoms. The minimum absolute atomic E-state index is 0.190. The Labute approximate surface area is 156 Å². The number of carbonyl (C=O) groups is 3. The number of aliphatic hydroxyl groups excluding tert-OH is 1. The number of fused-ring (bicyclic) bond motifs is 2. The molecule has 1 saturated carbocycles. The van der Waals surface area contributed by atoms with Gasteiger partial charge in [-0.25, -0.2) is 0 Å². The fourth-order valence-corrected chi connectivity index (χ4v) is 5.49. The minimum atomic E-state index is -1.42. The molecule has 148 valence electrons. The Balaban J connectivity index is 1.86. The van der Waals surface area contributed by atoms with Crippen molar-refractivity contribution in [3.8, 4) is 0 Å². The van der Waals surface area contributed by atoms with Crippen LogP contribution in [-0.2, 0) is 33.3 Å². The largest absolute Gasteiger partial charge is 0.465 e. The Bertz CT molecular complexity index is 753. The Kier molecular flexibility index (Phi) is 3.87. The first-order valence-electron chi connectivity index (χ1n) is 9.10. The minimum Gasteiger partial charge on any atom is -0.465 e. The molecule has 0 unspecified atom stereocenters. The highest BCUT2D eigenvalue weighted by molar-refractivity contribution is 6.00. The lowest BCUT2D eigenvalue weighted by Crippen LogP contribution is -2.70. The molecule has 8 nitrogen and oxygen atoms in total. The molecule has 2 aliphatic heterocycles. The first kappa shape index (κ1) is 18.6. The summed E-state index contributed by atoms with van der Waals surface area (Å²) in [7, 11) is 0. The summed E-state index contributed by atoms with van der Waals surface area (Å²) < 4.78 is 22.9. The van der Waals surface area contributed by atoms with Crippen molar-refractivity contribution in [2.24, 2.45) is 10.8 Å². The van der Waals surface area contributed by atoms with Gasteiger partial charge in [0.15, 0.2) is 5.78 Å². The van der Waals surface area contributed by atoms with Crippen LogP contribution in [0.1, 0.15) is 34.1 Å². The summed E-state index contributed by atoms with van der Waals surface area (Å²) in [5, 5.41) is 11.1. The van der Waals surface area contributed by atoms with Crippen LogP contribution in [0.4, 0.5) is 0 Å². The van der Waals surface area contributed by atoms with E-state index >= 15 is 0 Å². The van der Waals surface area contributed by atoms with Gasteiger partial charge in [-0.3, -0.25) is 14.4 Å². The normalized spacial score (nSPS) is 47.3. The fraction of sp³-hybridized carbons (Fsp3) is 0.737. The summed E-state index contributed by atoms with van der Waals surface area (Å²) in [4.78, 5) is 35.9. The lowest BCUT2D eigenvalue weighted by molar-refractivity contribution is -0.248. The number of Topliss-reactive ketones (excluding diaryl/α,β-unsaturated/α-hetero) is 1. The van der Waals surface area contributed by atoms with Crippen LogP contribution in [0.15, 0.2) is 11.6 Å². The van der Waals surface area contributed by atoms with Crippen molar-refractivity contribution in [1.29, 1.82) is 0 Å². The average Bonchev–Trinajstić information content (AvgIpc) is 3.34. The van der Waals surface area contributed by atoms with Crippen molar-refractivity contribution in [2.45, 2.75) is 64.1 Å². The second-order valence-corrected chi connectivity index (χ2v) is 8.28. The van der Waals surface area contributed by atoms with Gasteiger partial charge < -0.3 is 24.1 Å². The number of epoxide rings is 1. The third-order valence-corrected chi connectivity index (χ3v) is 6.98. The van der Waals surface area contributed by atoms with Crippen LogP contribution in [0.3, 0.4) is 0 Å². The van der Waals surface area contributed by atoms with Gasteiger partial charge in [0.05, 0.1) is 18.1 Å². The third-order valence-electron chi connectivity index (χ3n) is 6.98. The van der Waals surface area contributed by atoms with Crippen LogP contribution in [0.25, 0.3) is 0 Å². The van der Waals surface area contributed by atoms with Crippen LogP contribution in [0, 0.1) is 10.8 Å². The molecule has 1 spiro atoms. The number of hydrogen-bond donors (Lipinski definition) is 1. The molecule has 0 radical (unpaired) electrons. The van der Waals surface area contributed by atoms with Crippen LogP contribution in [0.5, 0.6) is 0 Å². The number of aliphatic hydroxyl groups is 1. The SMILES string of the molecule is CC(=O)OC[C@]12[C@H](O)C(=O)C(C)=C[C@H]1O[C@@H]1[C@H](OC(C)=O)C[C@@]2(C)[C@]12CO2. The maximum Gasteiger partial charge on any atom is 0.302 e. The zero-order chi connectivity index (χ0) is 19.8. The topological polar surface area (TPSA) is 112 Å². The van der Waals surface area contributed by atoms with Crippen molar-refractivity contribution in [3.05, 3.63) is 11.6 Å². The molecule has 2 heterocycles. The predicted molar refractivity (Wildman–Crippen MR) is 89.5 cm³/mol. The van der Waals surface area contributed by atoms with E-state index in [1.54, 1.807) is 13.0 Å². The highest BCUT2D eigenvalue weighted by atomic mass is 16.7. The highest BCUT2D eigenvalue weighted by Gasteiger charge is 2.84. The number of rotatable bonds is 3. The van der Waals surface area contributed by atoms with Crippen LogP contribution < -0.4 is 0 Å². The summed E-state index contributed by atoms with van der Waals surface area (Å²) in [6.07, 6.45) is -1.15. The molecular formula is C19H24O8. The molecule has 0 aromatic carbocycles. The van der Waals surface area contributed by atoms with Gasteiger partial charge in [-0.05, 0) is 25.0 Å². The van der Waals surface area contributed by atoms with Gasteiger partial charge in [0.1, 0.15) is 30.5 Å². The zero-order valence-corrected chi connectivity index (χ0v) is 15.8. The molecule has 3 fully saturated rings. The smallest absolute Gasteiger partial charge is 0.302 e. The molecule has 0 amide bonds.